The fourth-order valence-electron chi connectivity index (χ4n) is 2.65. The number of hydrogen-bond acceptors (Lipinski definition) is 3. The number of carbonyl (C=O) groups is 1. The molecule has 2 heterocycles. The summed E-state index contributed by atoms with van der Waals surface area (Å²) in [7, 11) is 1.88. The van der Waals surface area contributed by atoms with E-state index in [1.54, 1.807) is 10.9 Å². The van der Waals surface area contributed by atoms with Crippen molar-refractivity contribution in [3.05, 3.63) is 11.9 Å². The Morgan fingerprint density at radius 1 is 1.65 bits per heavy atom. The third kappa shape index (κ3) is 4.21. The van der Waals surface area contributed by atoms with Gasteiger partial charge in [0.15, 0.2) is 0 Å². The van der Waals surface area contributed by atoms with Crippen molar-refractivity contribution in [2.24, 2.45) is 18.9 Å². The molecule has 1 fully saturated rings. The van der Waals surface area contributed by atoms with Crippen LogP contribution < -0.4 is 10.6 Å². The maximum absolute atomic E-state index is 12.1. The number of halogens is 1. The molecule has 6 heteroatoms. The molecule has 1 aromatic rings. The lowest BCUT2D eigenvalue weighted by molar-refractivity contribution is -0.117. The van der Waals surface area contributed by atoms with E-state index in [9.17, 15) is 4.79 Å². The first kappa shape index (κ1) is 17.0. The van der Waals surface area contributed by atoms with Gasteiger partial charge in [-0.3, -0.25) is 9.48 Å². The fourth-order valence-corrected chi connectivity index (χ4v) is 2.65. The van der Waals surface area contributed by atoms with Crippen LogP contribution in [0.25, 0.3) is 0 Å². The zero-order chi connectivity index (χ0) is 13.8. The molecule has 0 saturated carbocycles. The minimum absolute atomic E-state index is 0. The Morgan fingerprint density at radius 3 is 2.95 bits per heavy atom. The van der Waals surface area contributed by atoms with E-state index in [0.29, 0.717) is 18.3 Å². The smallest absolute Gasteiger partial charge is 0.224 e. The van der Waals surface area contributed by atoms with E-state index in [1.165, 1.54) is 12.8 Å². The number of nitrogens with zero attached hydrogens (tertiary/aromatic N) is 2. The quantitative estimate of drug-likeness (QED) is 0.895. The third-order valence-electron chi connectivity index (χ3n) is 4.16. The van der Waals surface area contributed by atoms with Crippen molar-refractivity contribution in [2.75, 3.05) is 18.4 Å². The van der Waals surface area contributed by atoms with Gasteiger partial charge in [-0.05, 0) is 44.7 Å². The Kier molecular flexibility index (Phi) is 6.49. The second-order valence-corrected chi connectivity index (χ2v) is 5.60. The minimum Gasteiger partial charge on any atom is -0.323 e. The summed E-state index contributed by atoms with van der Waals surface area (Å²) < 4.78 is 1.77. The largest absolute Gasteiger partial charge is 0.323 e. The molecule has 1 saturated heterocycles. The predicted octanol–water partition coefficient (Wildman–Crippen LogP) is 2.11. The number of rotatable bonds is 4. The van der Waals surface area contributed by atoms with Crippen molar-refractivity contribution in [2.45, 2.75) is 33.1 Å². The van der Waals surface area contributed by atoms with Crippen LogP contribution in [0.4, 0.5) is 5.69 Å². The molecule has 1 aliphatic rings. The summed E-state index contributed by atoms with van der Waals surface area (Å²) in [5.74, 6) is 1.13. The molecule has 2 unspecified atom stereocenters. The van der Waals surface area contributed by atoms with Crippen LogP contribution in [0.1, 0.15) is 31.9 Å². The molecule has 1 aliphatic heterocycles. The molecule has 0 spiro atoms. The summed E-state index contributed by atoms with van der Waals surface area (Å²) in [6.07, 6.45) is 4.74. The van der Waals surface area contributed by atoms with Gasteiger partial charge in [-0.2, -0.15) is 5.10 Å². The van der Waals surface area contributed by atoms with Gasteiger partial charge < -0.3 is 10.6 Å². The van der Waals surface area contributed by atoms with Crippen molar-refractivity contribution >= 4 is 24.0 Å². The van der Waals surface area contributed by atoms with Crippen LogP contribution in [-0.4, -0.2) is 28.8 Å². The van der Waals surface area contributed by atoms with E-state index in [0.717, 1.165) is 24.5 Å². The van der Waals surface area contributed by atoms with Gasteiger partial charge in [0.1, 0.15) is 0 Å². The van der Waals surface area contributed by atoms with E-state index < -0.39 is 0 Å². The number of nitrogens with one attached hydrogen (secondary N) is 2. The van der Waals surface area contributed by atoms with Crippen molar-refractivity contribution in [1.82, 2.24) is 15.1 Å². The van der Waals surface area contributed by atoms with E-state index in [1.807, 2.05) is 14.0 Å². The highest BCUT2D eigenvalue weighted by Crippen LogP contribution is 2.23. The highest BCUT2D eigenvalue weighted by atomic mass is 35.5. The molecule has 0 radical (unpaired) electrons. The number of anilines is 1. The Labute approximate surface area is 126 Å². The molecule has 2 rings (SSSR count). The number of hydrogen-bond donors (Lipinski definition) is 2. The molecule has 0 aromatic carbocycles. The highest BCUT2D eigenvalue weighted by molar-refractivity contribution is 5.91. The van der Waals surface area contributed by atoms with Crippen LogP contribution in [0.3, 0.4) is 0 Å². The average Bonchev–Trinajstić information content (AvgIpc) is 2.71. The highest BCUT2D eigenvalue weighted by Gasteiger charge is 2.22. The van der Waals surface area contributed by atoms with Gasteiger partial charge in [-0.25, -0.2) is 0 Å². The van der Waals surface area contributed by atoms with Crippen LogP contribution in [0.5, 0.6) is 0 Å². The first-order valence-corrected chi connectivity index (χ1v) is 7.07. The third-order valence-corrected chi connectivity index (χ3v) is 4.16. The molecule has 5 nitrogen and oxygen atoms in total. The second kappa shape index (κ2) is 7.64. The molecule has 114 valence electrons. The summed E-state index contributed by atoms with van der Waals surface area (Å²) in [5.41, 5.74) is 1.81. The Morgan fingerprint density at radius 2 is 2.40 bits per heavy atom. The Hall–Kier alpha value is -1.07. The summed E-state index contributed by atoms with van der Waals surface area (Å²) in [6, 6.07) is 0. The number of aromatic nitrogens is 2. The standard InChI is InChI=1S/C14H24N4O.ClH/c1-10(12-5-4-6-15-8-12)7-14(19)17-13-9-16-18(3)11(13)2;/h9-10,12,15H,4-8H2,1-3H3,(H,17,19);1H. The summed E-state index contributed by atoms with van der Waals surface area (Å²) >= 11 is 0. The molecule has 1 aromatic heterocycles. The maximum atomic E-state index is 12.1. The van der Waals surface area contributed by atoms with Crippen molar-refractivity contribution < 1.29 is 4.79 Å². The van der Waals surface area contributed by atoms with Gasteiger partial charge in [-0.1, -0.05) is 6.92 Å². The van der Waals surface area contributed by atoms with Crippen LogP contribution in [0.15, 0.2) is 6.20 Å². The topological polar surface area (TPSA) is 59.0 Å². The SMILES string of the molecule is Cc1c(NC(=O)CC(C)C2CCCNC2)cnn1C.Cl. The monoisotopic (exact) mass is 300 g/mol. The molecule has 0 bridgehead atoms. The van der Waals surface area contributed by atoms with E-state index in [2.05, 4.69) is 22.7 Å². The van der Waals surface area contributed by atoms with E-state index in [4.69, 9.17) is 0 Å². The number of piperidine rings is 1. The Bertz CT molecular complexity index is 440. The van der Waals surface area contributed by atoms with Gasteiger partial charge in [0.2, 0.25) is 5.91 Å². The zero-order valence-electron chi connectivity index (χ0n) is 12.5. The summed E-state index contributed by atoms with van der Waals surface area (Å²) in [4.78, 5) is 12.1. The lowest BCUT2D eigenvalue weighted by Gasteiger charge is -2.27. The molecule has 2 N–H and O–H groups in total. The zero-order valence-corrected chi connectivity index (χ0v) is 13.3. The van der Waals surface area contributed by atoms with Gasteiger partial charge in [0.25, 0.3) is 0 Å². The minimum atomic E-state index is 0. The predicted molar refractivity (Wildman–Crippen MR) is 83.2 cm³/mol. The molecule has 1 amide bonds. The number of aryl methyl sites for hydroxylation is 1. The lowest BCUT2D eigenvalue weighted by Crippen LogP contribution is -2.34. The number of carbonyl (C=O) groups excluding carboxylic acids is 1. The Balaban J connectivity index is 0.00000200. The summed E-state index contributed by atoms with van der Waals surface area (Å²) in [6.45, 7) is 6.29. The van der Waals surface area contributed by atoms with Crippen LogP contribution in [0, 0.1) is 18.8 Å². The fraction of sp³-hybridized carbons (Fsp3) is 0.714. The van der Waals surface area contributed by atoms with Crippen LogP contribution in [0.2, 0.25) is 0 Å². The lowest BCUT2D eigenvalue weighted by atomic mass is 9.85. The van der Waals surface area contributed by atoms with Crippen LogP contribution in [-0.2, 0) is 11.8 Å². The molecular weight excluding hydrogens is 276 g/mol. The maximum Gasteiger partial charge on any atom is 0.224 e. The first-order valence-electron chi connectivity index (χ1n) is 7.07. The molecule has 2 atom stereocenters. The number of amides is 1. The van der Waals surface area contributed by atoms with Gasteiger partial charge >= 0.3 is 0 Å². The second-order valence-electron chi connectivity index (χ2n) is 5.60. The normalized spacial score (nSPS) is 20.1. The first-order chi connectivity index (χ1) is 9.08. The van der Waals surface area contributed by atoms with E-state index >= 15 is 0 Å². The van der Waals surface area contributed by atoms with E-state index in [-0.39, 0.29) is 18.3 Å². The van der Waals surface area contributed by atoms with Crippen molar-refractivity contribution in [1.29, 1.82) is 0 Å². The average molecular weight is 301 g/mol. The molecule has 0 aliphatic carbocycles. The molecule has 20 heavy (non-hydrogen) atoms. The van der Waals surface area contributed by atoms with Crippen molar-refractivity contribution in [3.8, 4) is 0 Å². The van der Waals surface area contributed by atoms with Gasteiger partial charge in [-0.15, -0.1) is 12.4 Å². The van der Waals surface area contributed by atoms with Crippen molar-refractivity contribution in [3.63, 3.8) is 0 Å². The van der Waals surface area contributed by atoms with Gasteiger partial charge in [0, 0.05) is 13.5 Å². The molecular formula is C14H25ClN4O. The van der Waals surface area contributed by atoms with Crippen LogP contribution >= 0.6 is 12.4 Å². The van der Waals surface area contributed by atoms with Gasteiger partial charge in [0.05, 0.1) is 17.6 Å². The summed E-state index contributed by atoms with van der Waals surface area (Å²) in [5, 5.41) is 10.5.